The minimum atomic E-state index is -0.940. The van der Waals surface area contributed by atoms with Gasteiger partial charge in [0.1, 0.15) is 11.6 Å². The lowest BCUT2D eigenvalue weighted by Crippen LogP contribution is -2.52. The zero-order valence-corrected chi connectivity index (χ0v) is 27.5. The summed E-state index contributed by atoms with van der Waals surface area (Å²) in [6.45, 7) is 6.45. The summed E-state index contributed by atoms with van der Waals surface area (Å²) in [7, 11) is 0. The number of amides is 3. The molecule has 0 unspecified atom stereocenters. The van der Waals surface area contributed by atoms with Gasteiger partial charge in [-0.15, -0.1) is 10.2 Å². The van der Waals surface area contributed by atoms with Crippen LogP contribution in [-0.4, -0.2) is 69.6 Å². The Labute approximate surface area is 278 Å². The maximum atomic E-state index is 14.3. The number of primary amides is 1. The van der Waals surface area contributed by atoms with Gasteiger partial charge in [0.05, 0.1) is 17.9 Å². The summed E-state index contributed by atoms with van der Waals surface area (Å²) in [6.07, 6.45) is 5.81. The third-order valence-corrected chi connectivity index (χ3v) is 8.41. The first kappa shape index (κ1) is 33.6. The molecular formula is C33H40ClN9O4. The van der Waals surface area contributed by atoms with Crippen molar-refractivity contribution >= 4 is 47.2 Å². The first-order chi connectivity index (χ1) is 22.5. The quantitative estimate of drug-likeness (QED) is 0.284. The molecule has 47 heavy (non-hydrogen) atoms. The Hall–Kier alpha value is -4.78. The monoisotopic (exact) mass is 661 g/mol. The van der Waals surface area contributed by atoms with Crippen LogP contribution < -0.4 is 20.9 Å². The molecule has 0 bridgehead atoms. The molecule has 2 aliphatic rings. The second-order valence-corrected chi connectivity index (χ2v) is 13.3. The average Bonchev–Trinajstić information content (AvgIpc) is 3.59. The van der Waals surface area contributed by atoms with Crippen LogP contribution in [0.25, 0.3) is 11.4 Å². The number of H-pyrrole nitrogens is 1. The van der Waals surface area contributed by atoms with Gasteiger partial charge in [-0.3, -0.25) is 14.5 Å². The van der Waals surface area contributed by atoms with E-state index in [1.54, 1.807) is 41.7 Å². The maximum Gasteiger partial charge on any atom is 0.407 e. The van der Waals surface area contributed by atoms with Crippen molar-refractivity contribution in [2.45, 2.75) is 64.5 Å². The highest BCUT2D eigenvalue weighted by molar-refractivity contribution is 6.30. The van der Waals surface area contributed by atoms with Crippen molar-refractivity contribution in [2.24, 2.45) is 22.6 Å². The van der Waals surface area contributed by atoms with Crippen LogP contribution in [-0.2, 0) is 20.7 Å². The number of rotatable bonds is 10. The van der Waals surface area contributed by atoms with Crippen LogP contribution in [0.2, 0.25) is 0 Å². The van der Waals surface area contributed by atoms with Crippen LogP contribution >= 0.6 is 11.6 Å². The van der Waals surface area contributed by atoms with Gasteiger partial charge < -0.3 is 20.7 Å². The average molecular weight is 662 g/mol. The number of hydrogen-bond acceptors (Lipinski definition) is 9. The maximum absolute atomic E-state index is 14.3. The Morgan fingerprint density at radius 1 is 1.09 bits per heavy atom. The van der Waals surface area contributed by atoms with Crippen LogP contribution in [0.3, 0.4) is 0 Å². The van der Waals surface area contributed by atoms with E-state index in [9.17, 15) is 14.4 Å². The van der Waals surface area contributed by atoms with Gasteiger partial charge in [-0.1, -0.05) is 23.7 Å². The van der Waals surface area contributed by atoms with E-state index < -0.39 is 23.6 Å². The fourth-order valence-electron chi connectivity index (χ4n) is 5.83. The molecule has 248 valence electrons. The number of aliphatic imine (C=N–C) groups is 1. The molecule has 2 aromatic carbocycles. The molecule has 1 atom stereocenters. The van der Waals surface area contributed by atoms with Gasteiger partial charge in [0, 0.05) is 42.0 Å². The molecule has 0 saturated heterocycles. The molecule has 2 heterocycles. The van der Waals surface area contributed by atoms with Crippen molar-refractivity contribution in [3.63, 3.8) is 0 Å². The molecule has 1 fully saturated rings. The van der Waals surface area contributed by atoms with Gasteiger partial charge in [0.25, 0.3) is 0 Å². The van der Waals surface area contributed by atoms with Crippen molar-refractivity contribution in [3.8, 4) is 11.4 Å². The number of aromatic nitrogens is 4. The van der Waals surface area contributed by atoms with Gasteiger partial charge in [-0.25, -0.2) is 9.79 Å². The first-order valence-electron chi connectivity index (χ1n) is 15.6. The molecule has 1 saturated carbocycles. The Morgan fingerprint density at radius 2 is 1.79 bits per heavy atom. The Balaban J connectivity index is 1.33. The molecule has 3 amide bonds. The zero-order chi connectivity index (χ0) is 33.6. The van der Waals surface area contributed by atoms with Crippen LogP contribution in [0.15, 0.2) is 64.8 Å². The van der Waals surface area contributed by atoms with Crippen molar-refractivity contribution in [1.29, 1.82) is 0 Å². The van der Waals surface area contributed by atoms with Crippen molar-refractivity contribution in [1.82, 2.24) is 25.9 Å². The summed E-state index contributed by atoms with van der Waals surface area (Å²) in [5, 5.41) is 17.6. The predicted molar refractivity (Wildman–Crippen MR) is 180 cm³/mol. The van der Waals surface area contributed by atoms with E-state index in [0.29, 0.717) is 48.0 Å². The fourth-order valence-corrected chi connectivity index (χ4v) is 6.02. The van der Waals surface area contributed by atoms with E-state index in [-0.39, 0.29) is 24.2 Å². The van der Waals surface area contributed by atoms with Gasteiger partial charge in [-0.05, 0) is 99.5 Å². The number of nitrogens with two attached hydrogens (primary N) is 1. The second-order valence-electron chi connectivity index (χ2n) is 12.8. The highest BCUT2D eigenvalue weighted by atomic mass is 35.5. The molecule has 5 rings (SSSR count). The summed E-state index contributed by atoms with van der Waals surface area (Å²) in [5.41, 5.74) is 8.43. The number of aromatic amines is 1. The van der Waals surface area contributed by atoms with Crippen LogP contribution in [0, 0.1) is 11.8 Å². The normalized spacial score (nSPS) is 18.6. The third-order valence-electron chi connectivity index (χ3n) is 8.20. The second kappa shape index (κ2) is 14.8. The van der Waals surface area contributed by atoms with E-state index in [4.69, 9.17) is 22.1 Å². The van der Waals surface area contributed by atoms with Gasteiger partial charge >= 0.3 is 6.09 Å². The van der Waals surface area contributed by atoms with Crippen LogP contribution in [0.4, 0.5) is 16.2 Å². The molecule has 14 heteroatoms. The number of halogens is 1. The third kappa shape index (κ3) is 8.94. The van der Waals surface area contributed by atoms with E-state index >= 15 is 0 Å². The first-order valence-corrected chi connectivity index (χ1v) is 16.0. The molecule has 0 spiro atoms. The van der Waals surface area contributed by atoms with E-state index in [1.807, 2.05) is 49.9 Å². The number of carbonyl (C=O) groups is 3. The number of benzene rings is 2. The van der Waals surface area contributed by atoms with Crippen LogP contribution in [0.5, 0.6) is 0 Å². The Bertz CT molecular complexity index is 1590. The molecule has 0 radical (unpaired) electrons. The summed E-state index contributed by atoms with van der Waals surface area (Å²) < 4.78 is 5.36. The number of nitrogens with one attached hydrogen (secondary N) is 2. The van der Waals surface area contributed by atoms with Gasteiger partial charge in [-0.2, -0.15) is 5.21 Å². The molecule has 13 nitrogen and oxygen atoms in total. The molecule has 1 aromatic heterocycles. The standard InChI is InChI=1S/C33H40ClN9O4/c1-33(2,3)47-32(46)37-17-22-4-8-24(9-5-22)31(45)43(27-14-10-23(11-15-27)30-38-40-41-39-30)28(29(35)44)16-21-6-12-26(13-7-21)42-19-25(34)18-36-20-42/h6-7,10-15,18,20,22,24,28H,4-5,8-9,16-17,19H2,1-3H3,(H2,35,44)(H,37,46)(H,38,39,40,41)/t22?,24?,28-/m0/s1. The van der Waals surface area contributed by atoms with E-state index in [1.165, 1.54) is 0 Å². The van der Waals surface area contributed by atoms with Gasteiger partial charge in [0.15, 0.2) is 0 Å². The summed E-state index contributed by atoms with van der Waals surface area (Å²) in [4.78, 5) is 47.2. The topological polar surface area (TPSA) is 172 Å². The largest absolute Gasteiger partial charge is 0.444 e. The molecule has 4 N–H and O–H groups in total. The molecular weight excluding hydrogens is 622 g/mol. The lowest BCUT2D eigenvalue weighted by molar-refractivity contribution is -0.127. The van der Waals surface area contributed by atoms with E-state index in [0.717, 1.165) is 24.1 Å². The number of alkyl carbamates (subject to hydrolysis) is 1. The number of ether oxygens (including phenoxy) is 1. The highest BCUT2D eigenvalue weighted by Crippen LogP contribution is 2.33. The summed E-state index contributed by atoms with van der Waals surface area (Å²) in [6, 6.07) is 13.8. The van der Waals surface area contributed by atoms with E-state index in [2.05, 4.69) is 30.9 Å². The smallest absolute Gasteiger partial charge is 0.407 e. The Morgan fingerprint density at radius 3 is 2.38 bits per heavy atom. The number of tetrazole rings is 1. The molecule has 1 aliphatic heterocycles. The lowest BCUT2D eigenvalue weighted by Gasteiger charge is -2.36. The minimum absolute atomic E-state index is 0.165. The zero-order valence-electron chi connectivity index (χ0n) is 26.7. The molecule has 1 aliphatic carbocycles. The predicted octanol–water partition coefficient (Wildman–Crippen LogP) is 4.56. The highest BCUT2D eigenvalue weighted by Gasteiger charge is 2.36. The number of anilines is 2. The number of nitrogens with zero attached hydrogens (tertiary/aromatic N) is 6. The lowest BCUT2D eigenvalue weighted by atomic mass is 9.81. The number of carbonyl (C=O) groups excluding carboxylic acids is 3. The van der Waals surface area contributed by atoms with Crippen molar-refractivity contribution in [2.75, 3.05) is 22.9 Å². The van der Waals surface area contributed by atoms with Crippen LogP contribution in [0.1, 0.15) is 52.0 Å². The summed E-state index contributed by atoms with van der Waals surface area (Å²) >= 11 is 6.16. The van der Waals surface area contributed by atoms with Crippen molar-refractivity contribution < 1.29 is 19.1 Å². The fraction of sp³-hybridized carbons (Fsp3) is 0.424. The Kier molecular flexibility index (Phi) is 10.5. The molecule has 3 aromatic rings. The van der Waals surface area contributed by atoms with Gasteiger partial charge in [0.2, 0.25) is 17.6 Å². The SMILES string of the molecule is CC(C)(C)OC(=O)NCC1CCC(C(=O)N(c2ccc(-c3nn[nH]n3)cc2)[C@@H](Cc2ccc(N3C=NC=C(Cl)C3)cc2)C(N)=O)CC1. The minimum Gasteiger partial charge on any atom is -0.444 e. The summed E-state index contributed by atoms with van der Waals surface area (Å²) in [5.74, 6) is -0.461. The van der Waals surface area contributed by atoms with Crippen molar-refractivity contribution in [3.05, 3.63) is 65.3 Å². The number of hydrogen-bond donors (Lipinski definition) is 3.